The molecule has 1 fully saturated rings. The first-order valence-corrected chi connectivity index (χ1v) is 8.67. The zero-order chi connectivity index (χ0) is 20.3. The van der Waals surface area contributed by atoms with E-state index in [2.05, 4.69) is 5.32 Å². The molecule has 28 heavy (non-hydrogen) atoms. The van der Waals surface area contributed by atoms with Crippen molar-refractivity contribution in [3.05, 3.63) is 60.2 Å². The van der Waals surface area contributed by atoms with Crippen LogP contribution in [0.2, 0.25) is 0 Å². The summed E-state index contributed by atoms with van der Waals surface area (Å²) in [6.07, 6.45) is -1.28. The first-order chi connectivity index (χ1) is 13.3. The van der Waals surface area contributed by atoms with Crippen molar-refractivity contribution in [2.45, 2.75) is 19.4 Å². The molecule has 0 aliphatic carbocycles. The first-order valence-electron chi connectivity index (χ1n) is 8.67. The molecule has 0 bridgehead atoms. The molecule has 146 valence electrons. The van der Waals surface area contributed by atoms with Crippen molar-refractivity contribution in [3.8, 4) is 0 Å². The Morgan fingerprint density at radius 1 is 1.18 bits per heavy atom. The van der Waals surface area contributed by atoms with Crippen molar-refractivity contribution in [1.29, 1.82) is 0 Å². The van der Waals surface area contributed by atoms with Crippen LogP contribution in [0.4, 0.5) is 20.2 Å². The number of hydrogen-bond donors (Lipinski definition) is 1. The van der Waals surface area contributed by atoms with Crippen molar-refractivity contribution in [3.63, 3.8) is 0 Å². The van der Waals surface area contributed by atoms with E-state index in [0.717, 1.165) is 6.07 Å². The number of nitrogens with one attached hydrogen (secondary N) is 1. The van der Waals surface area contributed by atoms with Gasteiger partial charge in [-0.25, -0.2) is 8.78 Å². The number of carbonyl (C=O) groups excluding carboxylic acids is 3. The van der Waals surface area contributed by atoms with Crippen LogP contribution in [-0.4, -0.2) is 30.4 Å². The maximum atomic E-state index is 13.9. The van der Waals surface area contributed by atoms with Gasteiger partial charge in [0.15, 0.2) is 6.10 Å². The second-order valence-corrected chi connectivity index (χ2v) is 6.44. The fourth-order valence-electron chi connectivity index (χ4n) is 2.90. The van der Waals surface area contributed by atoms with Crippen LogP contribution in [0.15, 0.2) is 48.5 Å². The van der Waals surface area contributed by atoms with Gasteiger partial charge < -0.3 is 15.0 Å². The van der Waals surface area contributed by atoms with Gasteiger partial charge in [-0.05, 0) is 37.3 Å². The van der Waals surface area contributed by atoms with Gasteiger partial charge >= 0.3 is 5.97 Å². The van der Waals surface area contributed by atoms with Crippen LogP contribution < -0.4 is 10.2 Å². The Balaban J connectivity index is 1.59. The number of carbonyl (C=O) groups is 3. The molecular formula is C20H18F2N2O4. The standard InChI is InChI=1S/C20H18F2N2O4/c1-12(19(26)23-15-6-4-5-14(21)10-15)28-20(27)13-9-18(25)24(11-13)17-8-3-2-7-16(17)22/h2-8,10,12-13H,9,11H2,1H3,(H,23,26)/t12-,13+/m0/s1. The van der Waals surface area contributed by atoms with Crippen molar-refractivity contribution in [1.82, 2.24) is 0 Å². The van der Waals surface area contributed by atoms with Gasteiger partial charge in [0.05, 0.1) is 11.6 Å². The van der Waals surface area contributed by atoms with Crippen LogP contribution in [0, 0.1) is 17.6 Å². The van der Waals surface area contributed by atoms with Crippen molar-refractivity contribution >= 4 is 29.2 Å². The molecule has 0 radical (unpaired) electrons. The van der Waals surface area contributed by atoms with E-state index in [0.29, 0.717) is 0 Å². The van der Waals surface area contributed by atoms with E-state index >= 15 is 0 Å². The molecule has 1 heterocycles. The molecule has 2 amide bonds. The lowest BCUT2D eigenvalue weighted by atomic mass is 10.1. The highest BCUT2D eigenvalue weighted by Gasteiger charge is 2.38. The molecule has 0 saturated carbocycles. The van der Waals surface area contributed by atoms with E-state index in [1.165, 1.54) is 48.2 Å². The fraction of sp³-hybridized carbons (Fsp3) is 0.250. The molecule has 0 unspecified atom stereocenters. The summed E-state index contributed by atoms with van der Waals surface area (Å²) in [5, 5.41) is 2.45. The zero-order valence-corrected chi connectivity index (χ0v) is 15.0. The summed E-state index contributed by atoms with van der Waals surface area (Å²) < 4.78 is 32.2. The Hall–Kier alpha value is -3.29. The number of halogens is 2. The second-order valence-electron chi connectivity index (χ2n) is 6.44. The van der Waals surface area contributed by atoms with Gasteiger partial charge in [0, 0.05) is 18.7 Å². The molecule has 1 N–H and O–H groups in total. The third-order valence-electron chi connectivity index (χ3n) is 4.36. The minimum absolute atomic E-state index is 0.0309. The van der Waals surface area contributed by atoms with Gasteiger partial charge in [-0.2, -0.15) is 0 Å². The summed E-state index contributed by atoms with van der Waals surface area (Å²) in [6, 6.07) is 11.1. The van der Waals surface area contributed by atoms with Crippen molar-refractivity contribution < 1.29 is 27.9 Å². The predicted molar refractivity (Wildman–Crippen MR) is 97.4 cm³/mol. The van der Waals surface area contributed by atoms with Crippen molar-refractivity contribution in [2.75, 3.05) is 16.8 Å². The lowest BCUT2D eigenvalue weighted by Crippen LogP contribution is -2.33. The molecule has 1 aliphatic rings. The molecular weight excluding hydrogens is 370 g/mol. The number of rotatable bonds is 5. The molecule has 0 aromatic heterocycles. The largest absolute Gasteiger partial charge is 0.452 e. The number of anilines is 2. The molecule has 8 heteroatoms. The molecule has 1 saturated heterocycles. The lowest BCUT2D eigenvalue weighted by Gasteiger charge is -2.18. The van der Waals surface area contributed by atoms with Crippen LogP contribution in [0.1, 0.15) is 13.3 Å². The minimum atomic E-state index is -1.15. The number of hydrogen-bond acceptors (Lipinski definition) is 4. The van der Waals surface area contributed by atoms with E-state index in [-0.39, 0.29) is 24.3 Å². The summed E-state index contributed by atoms with van der Waals surface area (Å²) in [4.78, 5) is 37.8. The highest BCUT2D eigenvalue weighted by molar-refractivity contribution is 6.00. The van der Waals surface area contributed by atoms with E-state index in [9.17, 15) is 23.2 Å². The molecule has 2 aromatic rings. The van der Waals surface area contributed by atoms with Crippen LogP contribution >= 0.6 is 0 Å². The number of para-hydroxylation sites is 1. The average Bonchev–Trinajstić information content (AvgIpc) is 3.03. The number of ether oxygens (including phenoxy) is 1. The Morgan fingerprint density at radius 3 is 2.64 bits per heavy atom. The van der Waals surface area contributed by atoms with E-state index < -0.39 is 41.4 Å². The van der Waals surface area contributed by atoms with Crippen LogP contribution in [0.5, 0.6) is 0 Å². The SMILES string of the molecule is C[C@H](OC(=O)[C@@H]1CC(=O)N(c2ccccc2F)C1)C(=O)Nc1cccc(F)c1. The Bertz CT molecular complexity index is 919. The van der Waals surface area contributed by atoms with Gasteiger partial charge in [-0.1, -0.05) is 18.2 Å². The molecule has 6 nitrogen and oxygen atoms in total. The van der Waals surface area contributed by atoms with E-state index in [4.69, 9.17) is 4.74 Å². The zero-order valence-electron chi connectivity index (χ0n) is 15.0. The highest BCUT2D eigenvalue weighted by Crippen LogP contribution is 2.28. The number of benzene rings is 2. The summed E-state index contributed by atoms with van der Waals surface area (Å²) >= 11 is 0. The topological polar surface area (TPSA) is 75.7 Å². The molecule has 1 aliphatic heterocycles. The summed E-state index contributed by atoms with van der Waals surface area (Å²) in [5.41, 5.74) is 0.328. The first kappa shape index (κ1) is 19.5. The minimum Gasteiger partial charge on any atom is -0.452 e. The predicted octanol–water partition coefficient (Wildman–Crippen LogP) is 2.89. The van der Waals surface area contributed by atoms with Gasteiger partial charge in [0.25, 0.3) is 5.91 Å². The Labute approximate surface area is 160 Å². The molecule has 2 atom stereocenters. The van der Waals surface area contributed by atoms with Gasteiger partial charge in [0.2, 0.25) is 5.91 Å². The van der Waals surface area contributed by atoms with Crippen LogP contribution in [0.25, 0.3) is 0 Å². The van der Waals surface area contributed by atoms with Gasteiger partial charge in [-0.15, -0.1) is 0 Å². The number of esters is 1. The highest BCUT2D eigenvalue weighted by atomic mass is 19.1. The van der Waals surface area contributed by atoms with Crippen molar-refractivity contribution in [2.24, 2.45) is 5.92 Å². The second kappa shape index (κ2) is 8.16. The average molecular weight is 388 g/mol. The van der Waals surface area contributed by atoms with E-state index in [1.54, 1.807) is 6.07 Å². The Morgan fingerprint density at radius 2 is 1.93 bits per heavy atom. The van der Waals surface area contributed by atoms with E-state index in [1.807, 2.05) is 0 Å². The monoisotopic (exact) mass is 388 g/mol. The van der Waals surface area contributed by atoms with Gasteiger partial charge in [0.1, 0.15) is 11.6 Å². The third kappa shape index (κ3) is 4.33. The normalized spacial score (nSPS) is 17.3. The summed E-state index contributed by atoms with van der Waals surface area (Å²) in [7, 11) is 0. The van der Waals surface area contributed by atoms with Crippen LogP contribution in [-0.2, 0) is 19.1 Å². The smallest absolute Gasteiger partial charge is 0.312 e. The number of amides is 2. The Kier molecular flexibility index (Phi) is 5.67. The maximum Gasteiger partial charge on any atom is 0.312 e. The third-order valence-corrected chi connectivity index (χ3v) is 4.36. The maximum absolute atomic E-state index is 13.9. The van der Waals surface area contributed by atoms with Gasteiger partial charge in [-0.3, -0.25) is 14.4 Å². The molecule has 0 spiro atoms. The summed E-state index contributed by atoms with van der Waals surface area (Å²) in [6.45, 7) is 1.34. The molecule has 3 rings (SSSR count). The summed E-state index contributed by atoms with van der Waals surface area (Å²) in [5.74, 6) is -3.64. The number of nitrogens with zero attached hydrogens (tertiary/aromatic N) is 1. The molecule has 2 aromatic carbocycles. The fourth-order valence-corrected chi connectivity index (χ4v) is 2.90. The van der Waals surface area contributed by atoms with Crippen LogP contribution in [0.3, 0.4) is 0 Å². The quantitative estimate of drug-likeness (QED) is 0.800. The lowest BCUT2D eigenvalue weighted by molar-refractivity contribution is -0.157.